The van der Waals surface area contributed by atoms with E-state index in [4.69, 9.17) is 11.6 Å². The molecule has 0 spiro atoms. The Hall–Kier alpha value is -1.59. The fourth-order valence-corrected chi connectivity index (χ4v) is 1.95. The Bertz CT molecular complexity index is 605. The summed E-state index contributed by atoms with van der Waals surface area (Å²) in [5.74, 6) is 0.487. The van der Waals surface area contributed by atoms with E-state index in [1.165, 1.54) is 0 Å². The van der Waals surface area contributed by atoms with E-state index in [-0.39, 0.29) is 6.03 Å². The molecule has 0 aliphatic carbocycles. The Morgan fingerprint density at radius 2 is 1.95 bits per heavy atom. The number of benzene rings is 1. The molecule has 1 aromatic heterocycles. The number of amides is 2. The molecule has 0 atom stereocenters. The highest BCUT2D eigenvalue weighted by molar-refractivity contribution is 9.10. The highest BCUT2D eigenvalue weighted by atomic mass is 79.9. The van der Waals surface area contributed by atoms with Gasteiger partial charge in [0.05, 0.1) is 0 Å². The van der Waals surface area contributed by atoms with E-state index < -0.39 is 0 Å². The lowest BCUT2D eigenvalue weighted by atomic mass is 10.2. The molecule has 0 fully saturated rings. The van der Waals surface area contributed by atoms with Crippen LogP contribution in [0.15, 0.2) is 34.9 Å². The van der Waals surface area contributed by atoms with Crippen molar-refractivity contribution in [2.45, 2.75) is 13.8 Å². The second kappa shape index (κ2) is 6.24. The SMILES string of the molecule is Cc1ccc(NC(=O)Nc2cc(C)c(Br)cn2)cc1Cl. The molecule has 0 saturated carbocycles. The summed E-state index contributed by atoms with van der Waals surface area (Å²) >= 11 is 9.36. The third kappa shape index (κ3) is 3.71. The Morgan fingerprint density at radius 3 is 2.60 bits per heavy atom. The first-order valence-electron chi connectivity index (χ1n) is 5.92. The summed E-state index contributed by atoms with van der Waals surface area (Å²) in [6.45, 7) is 3.83. The van der Waals surface area contributed by atoms with Crippen LogP contribution in [0.5, 0.6) is 0 Å². The molecule has 104 valence electrons. The summed E-state index contributed by atoms with van der Waals surface area (Å²) in [6, 6.07) is 6.77. The molecule has 0 aliphatic heterocycles. The van der Waals surface area contributed by atoms with Crippen LogP contribution < -0.4 is 10.6 Å². The van der Waals surface area contributed by atoms with Crippen LogP contribution in [-0.4, -0.2) is 11.0 Å². The fraction of sp³-hybridized carbons (Fsp3) is 0.143. The van der Waals surface area contributed by atoms with Gasteiger partial charge in [-0.15, -0.1) is 0 Å². The topological polar surface area (TPSA) is 54.0 Å². The molecule has 0 aliphatic rings. The second-order valence-electron chi connectivity index (χ2n) is 4.36. The lowest BCUT2D eigenvalue weighted by molar-refractivity contribution is 0.262. The monoisotopic (exact) mass is 353 g/mol. The second-order valence-corrected chi connectivity index (χ2v) is 5.62. The van der Waals surface area contributed by atoms with Crippen molar-refractivity contribution < 1.29 is 4.79 Å². The molecule has 2 rings (SSSR count). The molecule has 2 N–H and O–H groups in total. The number of carbonyl (C=O) groups excluding carboxylic acids is 1. The first-order chi connectivity index (χ1) is 9.45. The number of urea groups is 1. The normalized spacial score (nSPS) is 10.2. The van der Waals surface area contributed by atoms with Crippen molar-refractivity contribution in [1.29, 1.82) is 0 Å². The van der Waals surface area contributed by atoms with Crippen molar-refractivity contribution in [3.8, 4) is 0 Å². The maximum atomic E-state index is 11.9. The van der Waals surface area contributed by atoms with Gasteiger partial charge in [-0.3, -0.25) is 5.32 Å². The third-order valence-corrected chi connectivity index (χ3v) is 3.96. The van der Waals surface area contributed by atoms with Gasteiger partial charge in [0.15, 0.2) is 0 Å². The van der Waals surface area contributed by atoms with E-state index in [9.17, 15) is 4.79 Å². The van der Waals surface area contributed by atoms with E-state index in [1.54, 1.807) is 24.4 Å². The summed E-state index contributed by atoms with van der Waals surface area (Å²) in [5.41, 5.74) is 2.59. The number of carbonyl (C=O) groups is 1. The van der Waals surface area contributed by atoms with Gasteiger partial charge < -0.3 is 5.32 Å². The van der Waals surface area contributed by atoms with Gasteiger partial charge >= 0.3 is 6.03 Å². The summed E-state index contributed by atoms with van der Waals surface area (Å²) in [4.78, 5) is 16.0. The van der Waals surface area contributed by atoms with Crippen molar-refractivity contribution >= 4 is 45.1 Å². The molecule has 0 bridgehead atoms. The summed E-state index contributed by atoms with van der Waals surface area (Å²) in [5, 5.41) is 5.99. The molecule has 0 saturated heterocycles. The third-order valence-electron chi connectivity index (χ3n) is 2.72. The van der Waals surface area contributed by atoms with Crippen LogP contribution in [0.4, 0.5) is 16.3 Å². The van der Waals surface area contributed by atoms with Gasteiger partial charge in [0, 0.05) is 21.4 Å². The first kappa shape index (κ1) is 14.8. The molecule has 1 heterocycles. The molecule has 1 aromatic carbocycles. The van der Waals surface area contributed by atoms with Gasteiger partial charge in [0.1, 0.15) is 5.82 Å². The number of nitrogens with one attached hydrogen (secondary N) is 2. The Balaban J connectivity index is 2.04. The smallest absolute Gasteiger partial charge is 0.308 e. The van der Waals surface area contributed by atoms with Crippen molar-refractivity contribution in [3.63, 3.8) is 0 Å². The van der Waals surface area contributed by atoms with Gasteiger partial charge in [0.25, 0.3) is 0 Å². The number of rotatable bonds is 2. The molecule has 0 radical (unpaired) electrons. The Labute approximate surface area is 130 Å². The first-order valence-corrected chi connectivity index (χ1v) is 7.09. The van der Waals surface area contributed by atoms with Crippen molar-refractivity contribution in [2.24, 2.45) is 0 Å². The van der Waals surface area contributed by atoms with E-state index in [2.05, 4.69) is 31.5 Å². The molecule has 20 heavy (non-hydrogen) atoms. The largest absolute Gasteiger partial charge is 0.324 e. The van der Waals surface area contributed by atoms with E-state index >= 15 is 0 Å². The number of hydrogen-bond acceptors (Lipinski definition) is 2. The van der Waals surface area contributed by atoms with Gasteiger partial charge in [-0.05, 0) is 59.1 Å². The summed E-state index contributed by atoms with van der Waals surface area (Å²) < 4.78 is 0.897. The van der Waals surface area contributed by atoms with Gasteiger partial charge in [-0.1, -0.05) is 17.7 Å². The fourth-order valence-electron chi connectivity index (χ4n) is 1.56. The zero-order chi connectivity index (χ0) is 14.7. The molecule has 4 nitrogen and oxygen atoms in total. The average Bonchev–Trinajstić information content (AvgIpc) is 2.38. The maximum Gasteiger partial charge on any atom is 0.324 e. The number of anilines is 2. The quantitative estimate of drug-likeness (QED) is 0.817. The standard InChI is InChI=1S/C14H13BrClN3O/c1-8-3-4-10(6-12(8)16)18-14(20)19-13-5-9(2)11(15)7-17-13/h3-7H,1-2H3,(H2,17,18,19,20). The van der Waals surface area contributed by atoms with Gasteiger partial charge in [-0.2, -0.15) is 0 Å². The van der Waals surface area contributed by atoms with Gasteiger partial charge in [-0.25, -0.2) is 9.78 Å². The number of halogens is 2. The minimum absolute atomic E-state index is 0.362. The van der Waals surface area contributed by atoms with E-state index in [1.807, 2.05) is 19.9 Å². The van der Waals surface area contributed by atoms with Crippen molar-refractivity contribution in [3.05, 3.63) is 51.1 Å². The molecule has 2 aromatic rings. The zero-order valence-electron chi connectivity index (χ0n) is 11.0. The molecule has 0 unspecified atom stereocenters. The molecular formula is C14H13BrClN3O. The summed E-state index contributed by atoms with van der Waals surface area (Å²) in [6.07, 6.45) is 1.65. The lowest BCUT2D eigenvalue weighted by Gasteiger charge is -2.09. The molecular weight excluding hydrogens is 342 g/mol. The van der Waals surface area contributed by atoms with Crippen LogP contribution in [0.2, 0.25) is 5.02 Å². The number of aromatic nitrogens is 1. The van der Waals surface area contributed by atoms with Crippen LogP contribution in [0, 0.1) is 13.8 Å². The highest BCUT2D eigenvalue weighted by Gasteiger charge is 2.06. The Kier molecular flexibility index (Phi) is 4.62. The zero-order valence-corrected chi connectivity index (χ0v) is 13.3. The van der Waals surface area contributed by atoms with Crippen LogP contribution in [0.25, 0.3) is 0 Å². The number of aryl methyl sites for hydroxylation is 2. The van der Waals surface area contributed by atoms with E-state index in [0.717, 1.165) is 15.6 Å². The van der Waals surface area contributed by atoms with Crippen molar-refractivity contribution in [1.82, 2.24) is 4.98 Å². The minimum atomic E-state index is -0.362. The average molecular weight is 355 g/mol. The van der Waals surface area contributed by atoms with E-state index in [0.29, 0.717) is 16.5 Å². The Morgan fingerprint density at radius 1 is 1.20 bits per heavy atom. The lowest BCUT2D eigenvalue weighted by Crippen LogP contribution is -2.20. The number of pyridine rings is 1. The van der Waals surface area contributed by atoms with Gasteiger partial charge in [0.2, 0.25) is 0 Å². The minimum Gasteiger partial charge on any atom is -0.308 e. The predicted molar refractivity (Wildman–Crippen MR) is 85.5 cm³/mol. The predicted octanol–water partition coefficient (Wildman–Crippen LogP) is 4.76. The summed E-state index contributed by atoms with van der Waals surface area (Å²) in [7, 11) is 0. The number of hydrogen-bond donors (Lipinski definition) is 2. The van der Waals surface area contributed by atoms with Crippen LogP contribution in [0.3, 0.4) is 0 Å². The molecule has 2 amide bonds. The highest BCUT2D eigenvalue weighted by Crippen LogP contribution is 2.20. The maximum absolute atomic E-state index is 11.9. The van der Waals surface area contributed by atoms with Crippen LogP contribution in [0.1, 0.15) is 11.1 Å². The van der Waals surface area contributed by atoms with Crippen molar-refractivity contribution in [2.75, 3.05) is 10.6 Å². The van der Waals surface area contributed by atoms with Crippen LogP contribution >= 0.6 is 27.5 Å². The van der Waals surface area contributed by atoms with Crippen LogP contribution in [-0.2, 0) is 0 Å². The number of nitrogens with zero attached hydrogens (tertiary/aromatic N) is 1. The molecule has 6 heteroatoms.